The van der Waals surface area contributed by atoms with Crippen LogP contribution in [0.15, 0.2) is 0 Å². The largest absolute Gasteiger partial charge is 0.422 e. The van der Waals surface area contributed by atoms with Gasteiger partial charge in [0.1, 0.15) is 6.07 Å². The fourth-order valence-corrected chi connectivity index (χ4v) is 0.583. The lowest BCUT2D eigenvalue weighted by molar-refractivity contribution is -0.164. The summed E-state index contributed by atoms with van der Waals surface area (Å²) in [7, 11) is 0. The number of rotatable bonds is 5. The molecule has 0 bridgehead atoms. The van der Waals surface area contributed by atoms with Crippen molar-refractivity contribution in [3.05, 3.63) is 0 Å². The summed E-state index contributed by atoms with van der Waals surface area (Å²) < 4.78 is 9.46. The topological polar surface area (TPSA) is 59.3 Å². The maximum absolute atomic E-state index is 10.4. The number of carbonyl (C=O) groups excluding carboxylic acids is 1. The lowest BCUT2D eigenvalue weighted by atomic mass is 10.4. The Morgan fingerprint density at radius 1 is 1.67 bits per heavy atom. The van der Waals surface area contributed by atoms with Crippen LogP contribution in [-0.4, -0.2) is 18.9 Å². The van der Waals surface area contributed by atoms with E-state index in [4.69, 9.17) is 10.00 Å². The van der Waals surface area contributed by atoms with E-state index in [0.29, 0.717) is 6.61 Å². The third kappa shape index (κ3) is 5.69. The van der Waals surface area contributed by atoms with Crippen molar-refractivity contribution < 1.29 is 14.3 Å². The van der Waals surface area contributed by atoms with Gasteiger partial charge in [0.15, 0.2) is 0 Å². The number of unbranched alkanes of at least 4 members (excludes halogenated alkanes) is 1. The molecule has 0 saturated carbocycles. The summed E-state index contributed by atoms with van der Waals surface area (Å²) in [5.41, 5.74) is 0. The van der Waals surface area contributed by atoms with Gasteiger partial charge in [-0.3, -0.25) is 4.79 Å². The van der Waals surface area contributed by atoms with Crippen LogP contribution < -0.4 is 0 Å². The van der Waals surface area contributed by atoms with Crippen molar-refractivity contribution in [3.8, 4) is 6.07 Å². The predicted octanol–water partition coefficient (Wildman–Crippen LogP) is 1.22. The molecule has 0 aliphatic heterocycles. The van der Waals surface area contributed by atoms with Crippen LogP contribution in [0.4, 0.5) is 0 Å². The van der Waals surface area contributed by atoms with Gasteiger partial charge in [-0.25, -0.2) is 0 Å². The molecular weight excluding hydrogens is 158 g/mol. The Bertz CT molecular complexity index is 174. The summed E-state index contributed by atoms with van der Waals surface area (Å²) in [6, 6.07) is 1.73. The highest BCUT2D eigenvalue weighted by Gasteiger charge is 2.09. The molecule has 4 nitrogen and oxygen atoms in total. The van der Waals surface area contributed by atoms with Crippen LogP contribution in [0.1, 0.15) is 26.7 Å². The molecule has 0 radical (unpaired) electrons. The molecule has 0 aromatic rings. The van der Waals surface area contributed by atoms with Gasteiger partial charge in [-0.15, -0.1) is 0 Å². The number of hydrogen-bond donors (Lipinski definition) is 0. The average Bonchev–Trinajstić information content (AvgIpc) is 2.02. The molecule has 1 unspecified atom stereocenters. The molecule has 12 heavy (non-hydrogen) atoms. The SMILES string of the molecule is CCCCOC(C#N)OC(C)=O. The molecule has 0 aromatic heterocycles. The Balaban J connectivity index is 3.55. The summed E-state index contributed by atoms with van der Waals surface area (Å²) in [5, 5.41) is 8.42. The first-order valence-corrected chi connectivity index (χ1v) is 3.89. The summed E-state index contributed by atoms with van der Waals surface area (Å²) in [6.07, 6.45) is 0.798. The molecule has 68 valence electrons. The minimum atomic E-state index is -1.05. The third-order valence-corrected chi connectivity index (χ3v) is 1.15. The lowest BCUT2D eigenvalue weighted by Crippen LogP contribution is -2.18. The Morgan fingerprint density at radius 2 is 2.33 bits per heavy atom. The smallest absolute Gasteiger partial charge is 0.305 e. The summed E-state index contributed by atoms with van der Waals surface area (Å²) >= 11 is 0. The van der Waals surface area contributed by atoms with Gasteiger partial charge in [0.05, 0.1) is 6.61 Å². The van der Waals surface area contributed by atoms with Crippen LogP contribution in [0.25, 0.3) is 0 Å². The summed E-state index contributed by atoms with van der Waals surface area (Å²) in [5.74, 6) is -0.502. The molecule has 0 saturated heterocycles. The predicted molar refractivity (Wildman–Crippen MR) is 42.0 cm³/mol. The molecule has 4 heteroatoms. The van der Waals surface area contributed by atoms with E-state index in [1.54, 1.807) is 6.07 Å². The van der Waals surface area contributed by atoms with Crippen LogP contribution in [0.3, 0.4) is 0 Å². The maximum atomic E-state index is 10.4. The Hall–Kier alpha value is -1.08. The van der Waals surface area contributed by atoms with E-state index in [-0.39, 0.29) is 0 Å². The molecule has 0 aliphatic carbocycles. The van der Waals surface area contributed by atoms with Gasteiger partial charge in [-0.05, 0) is 6.42 Å². The van der Waals surface area contributed by atoms with E-state index in [1.165, 1.54) is 6.92 Å². The van der Waals surface area contributed by atoms with E-state index >= 15 is 0 Å². The number of ether oxygens (including phenoxy) is 2. The molecule has 0 rings (SSSR count). The van der Waals surface area contributed by atoms with Crippen LogP contribution >= 0.6 is 0 Å². The highest BCUT2D eigenvalue weighted by atomic mass is 16.7. The maximum Gasteiger partial charge on any atom is 0.305 e. The highest BCUT2D eigenvalue weighted by molar-refractivity contribution is 5.66. The van der Waals surface area contributed by atoms with E-state index in [9.17, 15) is 4.79 Å². The summed E-state index contributed by atoms with van der Waals surface area (Å²) in [6.45, 7) is 3.70. The molecule has 0 aliphatic rings. The Morgan fingerprint density at radius 3 is 2.75 bits per heavy atom. The molecule has 0 amide bonds. The van der Waals surface area contributed by atoms with Crippen LogP contribution in [0, 0.1) is 11.3 Å². The molecule has 0 aromatic carbocycles. The van der Waals surface area contributed by atoms with Crippen molar-refractivity contribution in [1.29, 1.82) is 5.26 Å². The molecule has 0 fully saturated rings. The monoisotopic (exact) mass is 171 g/mol. The van der Waals surface area contributed by atoms with Gasteiger partial charge >= 0.3 is 5.97 Å². The van der Waals surface area contributed by atoms with Gasteiger partial charge in [0.2, 0.25) is 0 Å². The number of hydrogen-bond acceptors (Lipinski definition) is 4. The van der Waals surface area contributed by atoms with Crippen molar-refractivity contribution >= 4 is 5.97 Å². The van der Waals surface area contributed by atoms with Crippen LogP contribution in [-0.2, 0) is 14.3 Å². The second-order valence-electron chi connectivity index (χ2n) is 2.29. The number of nitrogens with zero attached hydrogens (tertiary/aromatic N) is 1. The molecule has 0 N–H and O–H groups in total. The molecule has 1 atom stereocenters. The van der Waals surface area contributed by atoms with E-state index in [1.807, 2.05) is 6.92 Å². The third-order valence-electron chi connectivity index (χ3n) is 1.15. The van der Waals surface area contributed by atoms with Gasteiger partial charge in [-0.2, -0.15) is 5.26 Å². The number of nitriles is 1. The first kappa shape index (κ1) is 10.9. The average molecular weight is 171 g/mol. The zero-order chi connectivity index (χ0) is 9.40. The summed E-state index contributed by atoms with van der Waals surface area (Å²) in [4.78, 5) is 10.4. The first-order chi connectivity index (χ1) is 5.70. The first-order valence-electron chi connectivity index (χ1n) is 3.89. The molecule has 0 heterocycles. The Kier molecular flexibility index (Phi) is 6.02. The normalized spacial score (nSPS) is 11.8. The van der Waals surface area contributed by atoms with E-state index < -0.39 is 12.3 Å². The van der Waals surface area contributed by atoms with E-state index in [0.717, 1.165) is 12.8 Å². The zero-order valence-corrected chi connectivity index (χ0v) is 7.37. The van der Waals surface area contributed by atoms with Gasteiger partial charge in [0.25, 0.3) is 6.29 Å². The minimum Gasteiger partial charge on any atom is -0.422 e. The van der Waals surface area contributed by atoms with Crippen LogP contribution in [0.2, 0.25) is 0 Å². The number of esters is 1. The highest BCUT2D eigenvalue weighted by Crippen LogP contribution is 1.96. The lowest BCUT2D eigenvalue weighted by Gasteiger charge is -2.09. The zero-order valence-electron chi connectivity index (χ0n) is 7.37. The molecule has 0 spiro atoms. The van der Waals surface area contributed by atoms with Gasteiger partial charge in [-0.1, -0.05) is 13.3 Å². The standard InChI is InChI=1S/C8H13NO3/c1-3-4-5-11-8(6-9)12-7(2)10/h8H,3-5H2,1-2H3. The van der Waals surface area contributed by atoms with E-state index in [2.05, 4.69) is 4.74 Å². The van der Waals surface area contributed by atoms with Crippen molar-refractivity contribution in [1.82, 2.24) is 0 Å². The van der Waals surface area contributed by atoms with Gasteiger partial charge in [0, 0.05) is 6.92 Å². The fraction of sp³-hybridized carbons (Fsp3) is 0.750. The molecular formula is C8H13NO3. The quantitative estimate of drug-likeness (QED) is 0.354. The van der Waals surface area contributed by atoms with Crippen molar-refractivity contribution in [2.75, 3.05) is 6.61 Å². The number of carbonyl (C=O) groups is 1. The second kappa shape index (κ2) is 6.62. The van der Waals surface area contributed by atoms with Crippen molar-refractivity contribution in [3.63, 3.8) is 0 Å². The fourth-order valence-electron chi connectivity index (χ4n) is 0.583. The van der Waals surface area contributed by atoms with Crippen molar-refractivity contribution in [2.24, 2.45) is 0 Å². The van der Waals surface area contributed by atoms with Gasteiger partial charge < -0.3 is 9.47 Å². The van der Waals surface area contributed by atoms with Crippen LogP contribution in [0.5, 0.6) is 0 Å². The second-order valence-corrected chi connectivity index (χ2v) is 2.29. The van der Waals surface area contributed by atoms with Crippen molar-refractivity contribution in [2.45, 2.75) is 33.0 Å². The Labute approximate surface area is 72.1 Å². The minimum absolute atomic E-state index is 0.446.